The number of nitrogen functional groups attached to an aromatic ring is 2. The van der Waals surface area contributed by atoms with E-state index in [2.05, 4.69) is 109 Å². The number of nitrogens with one attached hydrogen (secondary N) is 4. The molecule has 10 unspecified atom stereocenters. The number of phosphoric ester groups is 4. The zero-order valence-electron chi connectivity index (χ0n) is 75.5. The summed E-state index contributed by atoms with van der Waals surface area (Å²) in [7, 11) is -57.8. The highest BCUT2D eigenvalue weighted by atomic mass is 32.2. The normalized spacial score (nSPS) is 22.9. The van der Waals surface area contributed by atoms with Crippen LogP contribution < -0.4 is 83.0 Å². The van der Waals surface area contributed by atoms with Crippen LogP contribution in [-0.2, 0) is 135 Å². The molecule has 2 aromatic carbocycles. The van der Waals surface area contributed by atoms with Gasteiger partial charge in [-0.3, -0.25) is 74.6 Å². The Morgan fingerprint density at radius 1 is 0.650 bits per heavy atom. The van der Waals surface area contributed by atoms with Crippen molar-refractivity contribution in [2.75, 3.05) is 87.0 Å². The number of unbranched alkanes of at least 4 members (excludes halogenated alkanes) is 6. The number of carbonyl (C=O) groups is 1. The van der Waals surface area contributed by atoms with Crippen molar-refractivity contribution in [3.05, 3.63) is 133 Å². The average molecular weight is 2190 g/mol. The van der Waals surface area contributed by atoms with Gasteiger partial charge in [-0.25, -0.2) is 49.5 Å². The molecule has 0 bridgehead atoms. The monoisotopic (exact) mass is 2190 g/mol. The van der Waals surface area contributed by atoms with Gasteiger partial charge in [0.25, 0.3) is 83.8 Å². The van der Waals surface area contributed by atoms with Crippen molar-refractivity contribution in [2.24, 2.45) is 11.7 Å². The van der Waals surface area contributed by atoms with E-state index in [-0.39, 0.29) is 118 Å². The van der Waals surface area contributed by atoms with E-state index in [0.717, 1.165) is 74.7 Å². The summed E-state index contributed by atoms with van der Waals surface area (Å²) in [5.74, 6) is -2.20. The predicted molar refractivity (Wildman–Crippen MR) is 478 cm³/mol. The van der Waals surface area contributed by atoms with Gasteiger partial charge in [0, 0.05) is 89.7 Å². The second kappa shape index (κ2) is 48.4. The fourth-order valence-electron chi connectivity index (χ4n) is 15.6. The quantitative estimate of drug-likeness (QED) is 0.00495. The topological polar surface area (TPSA) is 855 Å². The molecule has 6 aromatic rings. The lowest BCUT2D eigenvalue weighted by Gasteiger charge is -2.36. The number of aryl methyl sites for hydroxylation is 1. The summed E-state index contributed by atoms with van der Waals surface area (Å²) in [4.78, 5) is 157. The summed E-state index contributed by atoms with van der Waals surface area (Å²) >= 11 is 0.781. The van der Waals surface area contributed by atoms with Crippen molar-refractivity contribution in [3.63, 3.8) is 0 Å². The maximum atomic E-state index is 13.3. The number of benzene rings is 2. The Morgan fingerprint density at radius 3 is 1.73 bits per heavy atom. The highest BCUT2D eigenvalue weighted by Crippen LogP contribution is 2.69. The van der Waals surface area contributed by atoms with Crippen LogP contribution in [0.3, 0.4) is 0 Å². The number of carbonyl (C=O) groups excluding carboxylic acids is 1. The lowest BCUT2D eigenvalue weighted by atomic mass is 9.81. The zero-order chi connectivity index (χ0) is 103. The molecule has 13 N–H and O–H groups in total. The van der Waals surface area contributed by atoms with Crippen molar-refractivity contribution < 1.29 is 184 Å². The Labute approximate surface area is 804 Å². The number of amides is 1. The highest BCUT2D eigenvalue weighted by Gasteiger charge is 2.47. The van der Waals surface area contributed by atoms with Crippen LogP contribution in [0, 0.1) is 12.8 Å². The van der Waals surface area contributed by atoms with Gasteiger partial charge in [0.2, 0.25) is 23.5 Å². The number of aliphatic hydroxyl groups excluding tert-OH is 1. The van der Waals surface area contributed by atoms with Gasteiger partial charge in [-0.1, -0.05) is 81.3 Å². The lowest BCUT2D eigenvalue weighted by molar-refractivity contribution is -0.437. The average Bonchev–Trinajstić information content (AvgIpc) is 1.59. The van der Waals surface area contributed by atoms with Crippen LogP contribution in [-0.4, -0.2) is 181 Å². The number of anilines is 3. The summed E-state index contributed by atoms with van der Waals surface area (Å²) in [6, 6.07) is 11.5. The molecule has 5 aliphatic rings. The molecule has 14 atom stereocenters. The van der Waals surface area contributed by atoms with Gasteiger partial charge in [0.05, 0.1) is 84.6 Å². The third-order valence-electron chi connectivity index (χ3n) is 22.0. The predicted octanol–water partition coefficient (Wildman–Crippen LogP) is 3.69. The minimum Gasteiger partial charge on any atom is -0.756 e. The maximum absolute atomic E-state index is 13.3. The van der Waals surface area contributed by atoms with Crippen molar-refractivity contribution in [2.45, 2.75) is 191 Å². The van der Waals surface area contributed by atoms with Crippen LogP contribution in [0.5, 0.6) is 0 Å². The Hall–Kier alpha value is -6.55. The van der Waals surface area contributed by atoms with Crippen molar-refractivity contribution in [1.29, 1.82) is 0 Å². The number of hydrogen-bond acceptors (Lipinski definition) is 50. The highest BCUT2D eigenvalue weighted by molar-refractivity contribution is 7.94. The van der Waals surface area contributed by atoms with Crippen LogP contribution in [0.1, 0.15) is 166 Å². The fraction of sp³-hybridized carbons (Fsp3) is 0.562. The molecule has 140 heavy (non-hydrogen) atoms. The Morgan fingerprint density at radius 2 is 1.18 bits per heavy atom. The number of H-pyrrole nitrogens is 2. The number of fused-ring (bicyclic) bond motifs is 4. The fourth-order valence-corrected chi connectivity index (χ4v) is 26.6. The Kier molecular flexibility index (Phi) is 39.9. The number of imidazole rings is 2. The van der Waals surface area contributed by atoms with Crippen molar-refractivity contribution in [1.82, 2.24) is 49.7 Å². The van der Waals surface area contributed by atoms with Crippen molar-refractivity contribution >= 4 is 152 Å². The molecular weight excluding hydrogens is 2090 g/mol. The molecule has 0 saturated carbocycles. The van der Waals surface area contributed by atoms with E-state index in [9.17, 15) is 121 Å². The smallest absolute Gasteiger partial charge is 0.280 e. The first-order valence-corrected chi connectivity index (χ1v) is 58.3. The molecule has 8 heterocycles. The molecule has 782 valence electrons. The molecule has 2 fully saturated rings. The zero-order valence-corrected chi connectivity index (χ0v) is 85.1. The van der Waals surface area contributed by atoms with Crippen LogP contribution >= 0.6 is 74.6 Å². The van der Waals surface area contributed by atoms with E-state index in [1.54, 1.807) is 13.0 Å². The molecule has 4 aromatic heterocycles. The number of nitrogens with two attached hydrogens (primary N) is 3. The number of rotatable bonds is 53. The van der Waals surface area contributed by atoms with E-state index in [0.29, 0.717) is 62.8 Å². The number of aromatic nitrogens is 8. The van der Waals surface area contributed by atoms with Crippen LogP contribution in [0.4, 0.5) is 23.3 Å². The first kappa shape index (κ1) is 115. The van der Waals surface area contributed by atoms with Gasteiger partial charge in [-0.15, -0.1) is 4.33 Å². The largest absolute Gasteiger partial charge is 0.756 e. The molecule has 0 spiro atoms. The standard InChI is InChI=1S/C56H79N9O26P4S3.C17H32N6O15P4/c1-36-15-19-42-40(31-36)55(2,3)46(63(42)26-11-29-97(78,79)80)21-16-37-13-10-14-38(17-22-47-56(4,5)41-32-39(96-88-87-69)18-20-43(41)64(47)27-12-30-98(81,82)83)50(37)59-25-23-48(67)58-24-8-6-7-9-28-84-92(70,71)89-94(74,75)91-95(76,77)90-93(72,73)85-34-45-44(66)33-49(86-45)65-35-60-51-52(65)61-54(57)62-53(51)68;1-11-8-13(23-10-20-14-15(23)21-17(19)22-16(14)24)35-12(11)9-34-40(27,28)37-42(31,32)38-41(29,30)36-39(25,26)33-7-5-3-2-4-6-18/h15-22,31-32,35,44-45,49,66H,6-14,23-30,33-34H2,1-5H3,(H11,57,58,61,62,67,68,69,70,71,72,73,74,75,76,77,78,79,80,81,82,83);10-13H,2-9,18H2,1H3,(H,25,26)(H,27,28)(H,29,30)(H,31,32)(H3,19,21,22,24)/p-8/b37-16+,46-21-;/t44?,45-,49-;11?,12-,13-/m11/s1. The van der Waals surface area contributed by atoms with Crippen LogP contribution in [0.15, 0.2) is 110 Å². The van der Waals surface area contributed by atoms with E-state index in [1.165, 1.54) is 15.5 Å². The summed E-state index contributed by atoms with van der Waals surface area (Å²) in [5, 5.41) is 29.5. The molecule has 1 amide bonds. The summed E-state index contributed by atoms with van der Waals surface area (Å²) in [6.07, 6.45) is 9.69. The summed E-state index contributed by atoms with van der Waals surface area (Å²) < 4.78 is 226. The van der Waals surface area contributed by atoms with E-state index >= 15 is 0 Å². The van der Waals surface area contributed by atoms with Crippen LogP contribution in [0.25, 0.3) is 22.3 Å². The number of phosphoric acid groups is 8. The minimum atomic E-state index is -6.54. The molecule has 0 radical (unpaired) electrons. The summed E-state index contributed by atoms with van der Waals surface area (Å²) in [6.45, 7) is 9.97. The van der Waals surface area contributed by atoms with Gasteiger partial charge in [0.15, 0.2) is 28.0 Å². The van der Waals surface area contributed by atoms with Gasteiger partial charge >= 0.3 is 0 Å². The van der Waals surface area contributed by atoms with Gasteiger partial charge in [-0.2, -0.15) is 23.0 Å². The van der Waals surface area contributed by atoms with Gasteiger partial charge < -0.3 is 109 Å². The number of ether oxygens (including phenoxy) is 2. The number of nitrogens with zero attached hydrogens (tertiary/aromatic N) is 8. The third kappa shape index (κ3) is 33.5. The Bertz CT molecular complexity index is 6440. The number of hydrogen-bond donors (Lipinski definition) is 10. The first-order chi connectivity index (χ1) is 65.2. The first-order valence-electron chi connectivity index (χ1n) is 42.7. The van der Waals surface area contributed by atoms with Gasteiger partial charge in [0.1, 0.15) is 25.1 Å². The molecule has 56 nitrogen and oxygen atoms in total. The molecule has 11 rings (SSSR count). The van der Waals surface area contributed by atoms with Crippen LogP contribution in [0.2, 0.25) is 0 Å². The number of aliphatic hydroxyl groups is 1. The molecule has 2 saturated heterocycles. The number of aromatic amines is 2. The maximum Gasteiger partial charge on any atom is 0.280 e. The lowest BCUT2D eigenvalue weighted by Crippen LogP contribution is -2.30. The van der Waals surface area contributed by atoms with E-state index in [4.69, 9.17) is 36.3 Å². The second-order valence-corrected chi connectivity index (χ2v) is 49.2. The molecule has 4 aliphatic heterocycles. The Balaban J connectivity index is 0.000000399. The number of allylic oxidation sites excluding steroid dienone is 7. The van der Waals surface area contributed by atoms with Crippen molar-refractivity contribution in [3.8, 4) is 0 Å². The molecule has 67 heteroatoms. The minimum absolute atomic E-state index is 0.00639. The SMILES string of the molecule is CC1C[C@H](n2cnc3c(=O)[nH]c(N)nc32)O[C@@H]1COP(=O)([O-])OP(=O)([O-])OP(=O)([O-])OP(=O)([O-])OCCCCCCN.Cc1ccc2c(c1)C(C)(C)/C(=C/C=C1\CCCC(/C=C/C3=[N+](CCCS(=O)(=O)O)c4ccc(SOOO)cc4C3(C)C)=C1NCCC(=O)NCCCCCCOP(=O)([O-])OP(=O)([O-])OP(=O)([O-])OP(=O)([O-])OC[C@H]1O[C@@H](n3cnc4c(=O)[nH]c(N)nc43)CC1O)N2CCCS(=O)(=O)[O-]. The molecule has 1 aliphatic carbocycles. The second-order valence-electron chi connectivity index (χ2n) is 33.2. The third-order valence-corrected chi connectivity index (χ3v) is 35.7. The van der Waals surface area contributed by atoms with Gasteiger partial charge in [-0.05, 0) is 132 Å². The van der Waals surface area contributed by atoms with E-state index in [1.807, 2.05) is 78.8 Å². The summed E-state index contributed by atoms with van der Waals surface area (Å²) in [5.41, 5.74) is 22.6. The van der Waals surface area contributed by atoms with E-state index < -0.39 is 179 Å². The molecular formula is C73H103N15O41P8S3-8.